The van der Waals surface area contributed by atoms with Gasteiger partial charge >= 0.3 is 0 Å². The van der Waals surface area contributed by atoms with Crippen LogP contribution in [0, 0.1) is 0 Å². The molecule has 2 aromatic heterocycles. The van der Waals surface area contributed by atoms with Crippen molar-refractivity contribution in [1.82, 2.24) is 0 Å². The summed E-state index contributed by atoms with van der Waals surface area (Å²) in [5, 5.41) is 3.80. The molecule has 0 radical (unpaired) electrons. The Kier molecular flexibility index (Phi) is 4.98. The van der Waals surface area contributed by atoms with Crippen LogP contribution in [0.25, 0.3) is 0 Å². The van der Waals surface area contributed by atoms with Crippen LogP contribution in [0.4, 0.5) is 0 Å². The van der Waals surface area contributed by atoms with Crippen molar-refractivity contribution in [3.8, 4) is 0 Å². The largest absolute Gasteiger partial charge is 0.330 e. The zero-order valence-corrected chi connectivity index (χ0v) is 13.3. The van der Waals surface area contributed by atoms with Gasteiger partial charge in [0.2, 0.25) is 0 Å². The Morgan fingerprint density at radius 2 is 1.60 bits per heavy atom. The lowest BCUT2D eigenvalue weighted by Crippen LogP contribution is -2.44. The second-order valence-electron chi connectivity index (χ2n) is 4.71. The molecule has 0 bridgehead atoms. The number of hydrogen-bond donors (Lipinski definition) is 2. The van der Waals surface area contributed by atoms with Gasteiger partial charge in [0.25, 0.3) is 10.1 Å². The zero-order valence-electron chi connectivity index (χ0n) is 10.9. The van der Waals surface area contributed by atoms with E-state index in [1.165, 1.54) is 22.7 Å². The SMILES string of the molecule is NCCC(Cc1cccs1)(Cc1cccs1)S(=O)(=O)O. The van der Waals surface area contributed by atoms with Gasteiger partial charge in [0.15, 0.2) is 0 Å². The second-order valence-corrected chi connectivity index (χ2v) is 8.59. The van der Waals surface area contributed by atoms with Gasteiger partial charge in [-0.2, -0.15) is 8.42 Å². The highest BCUT2D eigenvalue weighted by Gasteiger charge is 2.43. The first kappa shape index (κ1) is 15.7. The Labute approximate surface area is 127 Å². The molecule has 4 nitrogen and oxygen atoms in total. The van der Waals surface area contributed by atoms with E-state index < -0.39 is 14.9 Å². The van der Waals surface area contributed by atoms with E-state index in [-0.39, 0.29) is 13.0 Å². The van der Waals surface area contributed by atoms with Gasteiger partial charge < -0.3 is 5.73 Å². The first-order chi connectivity index (χ1) is 9.47. The van der Waals surface area contributed by atoms with Gasteiger partial charge in [-0.25, -0.2) is 0 Å². The predicted molar refractivity (Wildman–Crippen MR) is 84.0 cm³/mol. The lowest BCUT2D eigenvalue weighted by Gasteiger charge is -2.29. The molecule has 2 rings (SSSR count). The van der Waals surface area contributed by atoms with Crippen LogP contribution in [-0.2, 0) is 23.0 Å². The van der Waals surface area contributed by atoms with E-state index in [0.717, 1.165) is 9.75 Å². The highest BCUT2D eigenvalue weighted by atomic mass is 32.2. The van der Waals surface area contributed by atoms with Crippen LogP contribution >= 0.6 is 22.7 Å². The summed E-state index contributed by atoms with van der Waals surface area (Å²) in [6, 6.07) is 7.52. The van der Waals surface area contributed by atoms with Gasteiger partial charge in [0.05, 0.1) is 0 Å². The van der Waals surface area contributed by atoms with E-state index in [0.29, 0.717) is 12.8 Å². The van der Waals surface area contributed by atoms with Gasteiger partial charge in [-0.3, -0.25) is 4.55 Å². The molecule has 0 unspecified atom stereocenters. The van der Waals surface area contributed by atoms with Crippen LogP contribution in [0.2, 0.25) is 0 Å². The third-order valence-electron chi connectivity index (χ3n) is 3.30. The Balaban J connectivity index is 2.38. The van der Waals surface area contributed by atoms with Crippen LogP contribution in [0.3, 0.4) is 0 Å². The Bertz CT molecular complexity index is 582. The minimum absolute atomic E-state index is 0.219. The summed E-state index contributed by atoms with van der Waals surface area (Å²) in [6.07, 6.45) is 0.818. The van der Waals surface area contributed by atoms with E-state index in [1.54, 1.807) is 0 Å². The summed E-state index contributed by atoms with van der Waals surface area (Å²) >= 11 is 2.98. The molecular formula is C13H17NO3S3. The molecule has 3 N–H and O–H groups in total. The van der Waals surface area contributed by atoms with E-state index >= 15 is 0 Å². The lowest BCUT2D eigenvalue weighted by atomic mass is 9.94. The molecule has 0 amide bonds. The van der Waals surface area contributed by atoms with Crippen molar-refractivity contribution < 1.29 is 13.0 Å². The molecule has 2 aromatic rings. The smallest absolute Gasteiger partial charge is 0.271 e. The molecule has 0 spiro atoms. The van der Waals surface area contributed by atoms with Gasteiger partial charge in [-0.15, -0.1) is 22.7 Å². The molecule has 0 aliphatic carbocycles. The third-order valence-corrected chi connectivity index (χ3v) is 6.64. The average Bonchev–Trinajstić information content (AvgIpc) is 3.01. The maximum absolute atomic E-state index is 12.0. The number of nitrogens with two attached hydrogens (primary N) is 1. The molecule has 0 saturated heterocycles. The van der Waals surface area contributed by atoms with Crippen LogP contribution in [0.1, 0.15) is 16.2 Å². The quantitative estimate of drug-likeness (QED) is 0.764. The van der Waals surface area contributed by atoms with Crippen molar-refractivity contribution in [3.05, 3.63) is 44.8 Å². The molecule has 0 saturated carbocycles. The molecule has 0 aliphatic heterocycles. The normalized spacial score (nSPS) is 12.7. The topological polar surface area (TPSA) is 80.4 Å². The monoisotopic (exact) mass is 331 g/mol. The second kappa shape index (κ2) is 6.36. The summed E-state index contributed by atoms with van der Waals surface area (Å²) in [7, 11) is -4.21. The average molecular weight is 331 g/mol. The molecule has 7 heteroatoms. The number of hydrogen-bond acceptors (Lipinski definition) is 5. The van der Waals surface area contributed by atoms with Crippen molar-refractivity contribution in [1.29, 1.82) is 0 Å². The van der Waals surface area contributed by atoms with Gasteiger partial charge in [0.1, 0.15) is 4.75 Å². The fourth-order valence-corrected chi connectivity index (χ4v) is 5.21. The van der Waals surface area contributed by atoms with Crippen molar-refractivity contribution in [2.24, 2.45) is 5.73 Å². The summed E-state index contributed by atoms with van der Waals surface area (Å²) in [6.45, 7) is 0.219. The minimum Gasteiger partial charge on any atom is -0.330 e. The standard InChI is InChI=1S/C13H17NO3S3/c14-6-5-13(20(15,16)17,9-11-3-1-7-18-11)10-12-4-2-8-19-12/h1-4,7-8H,5-6,9-10,14H2,(H,15,16,17). The molecular weight excluding hydrogens is 314 g/mol. The van der Waals surface area contributed by atoms with Gasteiger partial charge in [-0.1, -0.05) is 12.1 Å². The molecule has 20 heavy (non-hydrogen) atoms. The van der Waals surface area contributed by atoms with Crippen LogP contribution in [0.5, 0.6) is 0 Å². The molecule has 0 aromatic carbocycles. The van der Waals surface area contributed by atoms with Crippen molar-refractivity contribution in [2.45, 2.75) is 24.0 Å². The maximum atomic E-state index is 12.0. The molecule has 110 valence electrons. The highest BCUT2D eigenvalue weighted by Crippen LogP contribution is 2.32. The third kappa shape index (κ3) is 3.48. The minimum atomic E-state index is -4.21. The Morgan fingerprint density at radius 3 is 1.90 bits per heavy atom. The first-order valence-electron chi connectivity index (χ1n) is 6.19. The molecule has 0 aliphatic rings. The summed E-state index contributed by atoms with van der Waals surface area (Å²) in [5.41, 5.74) is 5.60. The summed E-state index contributed by atoms with van der Waals surface area (Å²) in [4.78, 5) is 1.88. The highest BCUT2D eigenvalue weighted by molar-refractivity contribution is 7.87. The van der Waals surface area contributed by atoms with E-state index in [2.05, 4.69) is 0 Å². The maximum Gasteiger partial charge on any atom is 0.271 e. The van der Waals surface area contributed by atoms with Crippen molar-refractivity contribution in [3.63, 3.8) is 0 Å². The van der Waals surface area contributed by atoms with E-state index in [9.17, 15) is 13.0 Å². The molecule has 2 heterocycles. The first-order valence-corrected chi connectivity index (χ1v) is 9.39. The van der Waals surface area contributed by atoms with E-state index in [1.807, 2.05) is 35.0 Å². The number of thiophene rings is 2. The molecule has 0 atom stereocenters. The number of rotatable bonds is 7. The fourth-order valence-electron chi connectivity index (χ4n) is 2.28. The predicted octanol–water partition coefficient (Wildman–Crippen LogP) is 2.57. The van der Waals surface area contributed by atoms with Crippen molar-refractivity contribution in [2.75, 3.05) is 6.54 Å². The zero-order chi connectivity index (χ0) is 14.6. The van der Waals surface area contributed by atoms with Crippen LogP contribution in [-0.4, -0.2) is 24.3 Å². The van der Waals surface area contributed by atoms with Crippen molar-refractivity contribution >= 4 is 32.8 Å². The summed E-state index contributed by atoms with van der Waals surface area (Å²) in [5.74, 6) is 0. The fraction of sp³-hybridized carbons (Fsp3) is 0.385. The Hall–Kier alpha value is -0.730. The van der Waals surface area contributed by atoms with Crippen LogP contribution in [0.15, 0.2) is 35.0 Å². The van der Waals surface area contributed by atoms with Gasteiger partial charge in [0, 0.05) is 22.6 Å². The van der Waals surface area contributed by atoms with E-state index in [4.69, 9.17) is 5.73 Å². The van der Waals surface area contributed by atoms with Gasteiger partial charge in [-0.05, 0) is 35.9 Å². The lowest BCUT2D eigenvalue weighted by molar-refractivity contribution is 0.404. The molecule has 0 fully saturated rings. The summed E-state index contributed by atoms with van der Waals surface area (Å²) < 4.78 is 32.6. The van der Waals surface area contributed by atoms with Crippen LogP contribution < -0.4 is 5.73 Å². The Morgan fingerprint density at radius 1 is 1.10 bits per heavy atom.